The predicted octanol–water partition coefficient (Wildman–Crippen LogP) is 3.59. The average Bonchev–Trinajstić information content (AvgIpc) is 3.28. The fraction of sp³-hybridized carbons (Fsp3) is 0.167. The van der Waals surface area contributed by atoms with E-state index in [1.165, 1.54) is 17.6 Å². The van der Waals surface area contributed by atoms with Crippen LogP contribution in [-0.2, 0) is 16.8 Å². The molecule has 3 aromatic rings. The summed E-state index contributed by atoms with van der Waals surface area (Å²) in [7, 11) is 0. The normalized spacial score (nSPS) is 13.4. The molecule has 0 aliphatic heterocycles. The number of carbonyl (C=O) groups excluding carboxylic acids is 1. The molecule has 0 bridgehead atoms. The van der Waals surface area contributed by atoms with E-state index < -0.39 is 5.60 Å². The molecule has 6 heteroatoms. The minimum absolute atomic E-state index is 0.0182. The minimum Gasteiger partial charge on any atom is -0.466 e. The van der Waals surface area contributed by atoms with Crippen LogP contribution in [0.2, 0.25) is 5.02 Å². The van der Waals surface area contributed by atoms with Crippen LogP contribution < -0.4 is 5.32 Å². The van der Waals surface area contributed by atoms with Crippen molar-refractivity contribution in [2.45, 2.75) is 12.0 Å². The Bertz CT molecular complexity index is 765. The molecule has 4 nitrogen and oxygen atoms in total. The molecular formula is C18H16ClNO3S. The molecular weight excluding hydrogens is 346 g/mol. The molecule has 1 atom stereocenters. The van der Waals surface area contributed by atoms with E-state index in [1.807, 2.05) is 29.6 Å². The second kappa shape index (κ2) is 7.21. The summed E-state index contributed by atoms with van der Waals surface area (Å²) in [5.41, 5.74) is -0.650. The molecule has 0 radical (unpaired) electrons. The molecule has 1 unspecified atom stereocenters. The summed E-state index contributed by atoms with van der Waals surface area (Å²) >= 11 is 7.48. The number of thiophene rings is 1. The molecule has 0 aliphatic carbocycles. The van der Waals surface area contributed by atoms with E-state index in [9.17, 15) is 9.90 Å². The van der Waals surface area contributed by atoms with Gasteiger partial charge in [0.05, 0.1) is 19.2 Å². The predicted molar refractivity (Wildman–Crippen MR) is 94.2 cm³/mol. The lowest BCUT2D eigenvalue weighted by Gasteiger charge is -2.25. The molecule has 2 heterocycles. The number of hydrogen-bond donors (Lipinski definition) is 2. The third kappa shape index (κ3) is 3.53. The Morgan fingerprint density at radius 1 is 1.21 bits per heavy atom. The highest BCUT2D eigenvalue weighted by Gasteiger charge is 2.36. The first kappa shape index (κ1) is 16.8. The van der Waals surface area contributed by atoms with Crippen LogP contribution in [0.4, 0.5) is 0 Å². The molecule has 24 heavy (non-hydrogen) atoms. The number of rotatable bonds is 6. The minimum atomic E-state index is -1.40. The number of carbonyl (C=O) groups is 1. The van der Waals surface area contributed by atoms with Gasteiger partial charge in [0.1, 0.15) is 5.76 Å². The molecule has 0 saturated carbocycles. The molecule has 0 saturated heterocycles. The van der Waals surface area contributed by atoms with E-state index >= 15 is 0 Å². The van der Waals surface area contributed by atoms with Gasteiger partial charge in [0.2, 0.25) is 5.91 Å². The van der Waals surface area contributed by atoms with Gasteiger partial charge in [0, 0.05) is 9.90 Å². The molecule has 0 spiro atoms. The van der Waals surface area contributed by atoms with E-state index in [1.54, 1.807) is 24.3 Å². The SMILES string of the molecule is O=C(Cc1ccccc1Cl)NCC(O)(c1ccco1)c1cccs1. The second-order valence-electron chi connectivity index (χ2n) is 5.36. The van der Waals surface area contributed by atoms with Crippen molar-refractivity contribution in [3.05, 3.63) is 81.4 Å². The average molecular weight is 362 g/mol. The van der Waals surface area contributed by atoms with Crippen molar-refractivity contribution >= 4 is 28.8 Å². The lowest BCUT2D eigenvalue weighted by Crippen LogP contribution is -2.41. The number of nitrogens with one attached hydrogen (secondary N) is 1. The van der Waals surface area contributed by atoms with Crippen LogP contribution in [0.15, 0.2) is 64.6 Å². The molecule has 2 aromatic heterocycles. The first-order chi connectivity index (χ1) is 11.6. The van der Waals surface area contributed by atoms with Crippen molar-refractivity contribution in [2.24, 2.45) is 0 Å². The van der Waals surface area contributed by atoms with Crippen LogP contribution in [0.3, 0.4) is 0 Å². The number of benzene rings is 1. The Kier molecular flexibility index (Phi) is 5.04. The summed E-state index contributed by atoms with van der Waals surface area (Å²) in [6.45, 7) is 0.0182. The Balaban J connectivity index is 1.73. The molecule has 2 N–H and O–H groups in total. The molecule has 1 aromatic carbocycles. The van der Waals surface area contributed by atoms with Crippen molar-refractivity contribution in [3.63, 3.8) is 0 Å². The van der Waals surface area contributed by atoms with Gasteiger partial charge in [-0.1, -0.05) is 35.9 Å². The van der Waals surface area contributed by atoms with Crippen LogP contribution in [0.1, 0.15) is 16.2 Å². The largest absolute Gasteiger partial charge is 0.466 e. The summed E-state index contributed by atoms with van der Waals surface area (Å²) in [6.07, 6.45) is 1.65. The summed E-state index contributed by atoms with van der Waals surface area (Å²) in [5.74, 6) is 0.174. The van der Waals surface area contributed by atoms with Crippen LogP contribution in [0, 0.1) is 0 Å². The van der Waals surface area contributed by atoms with E-state index in [0.29, 0.717) is 15.7 Å². The number of hydrogen-bond acceptors (Lipinski definition) is 4. The Labute approximate surface area is 148 Å². The smallest absolute Gasteiger partial charge is 0.224 e. The van der Waals surface area contributed by atoms with Crippen LogP contribution in [0.25, 0.3) is 0 Å². The van der Waals surface area contributed by atoms with Gasteiger partial charge in [0.15, 0.2) is 5.60 Å². The van der Waals surface area contributed by atoms with E-state index in [2.05, 4.69) is 5.32 Å². The standard InChI is InChI=1S/C18H16ClNO3S/c19-14-6-2-1-5-13(14)11-17(21)20-12-18(22,15-7-3-9-23-15)16-8-4-10-24-16/h1-10,22H,11-12H2,(H,20,21). The highest BCUT2D eigenvalue weighted by atomic mass is 35.5. The van der Waals surface area contributed by atoms with Crippen molar-refractivity contribution in [1.82, 2.24) is 5.32 Å². The quantitative estimate of drug-likeness (QED) is 0.705. The number of amides is 1. The highest BCUT2D eigenvalue weighted by Crippen LogP contribution is 2.32. The first-order valence-corrected chi connectivity index (χ1v) is 8.66. The summed E-state index contributed by atoms with van der Waals surface area (Å²) in [4.78, 5) is 12.9. The number of aliphatic hydroxyl groups is 1. The van der Waals surface area contributed by atoms with E-state index in [0.717, 1.165) is 5.56 Å². The van der Waals surface area contributed by atoms with Gasteiger partial charge in [-0.3, -0.25) is 4.79 Å². The molecule has 1 amide bonds. The van der Waals surface area contributed by atoms with Gasteiger partial charge in [-0.05, 0) is 35.2 Å². The van der Waals surface area contributed by atoms with Gasteiger partial charge in [0.25, 0.3) is 0 Å². The van der Waals surface area contributed by atoms with Gasteiger partial charge in [-0.25, -0.2) is 0 Å². The lowest BCUT2D eigenvalue weighted by molar-refractivity contribution is -0.121. The maximum absolute atomic E-state index is 12.2. The maximum atomic E-state index is 12.2. The fourth-order valence-electron chi connectivity index (χ4n) is 2.43. The van der Waals surface area contributed by atoms with Gasteiger partial charge in [-0.2, -0.15) is 0 Å². The summed E-state index contributed by atoms with van der Waals surface area (Å²) < 4.78 is 5.38. The summed E-state index contributed by atoms with van der Waals surface area (Å²) in [5, 5.41) is 16.3. The monoisotopic (exact) mass is 361 g/mol. The van der Waals surface area contributed by atoms with E-state index in [4.69, 9.17) is 16.0 Å². The number of halogens is 1. The second-order valence-corrected chi connectivity index (χ2v) is 6.71. The summed E-state index contributed by atoms with van der Waals surface area (Å²) in [6, 6.07) is 14.3. The zero-order valence-corrected chi connectivity index (χ0v) is 14.3. The molecule has 0 fully saturated rings. The third-order valence-corrected chi connectivity index (χ3v) is 5.10. The zero-order valence-electron chi connectivity index (χ0n) is 12.7. The van der Waals surface area contributed by atoms with Crippen LogP contribution in [-0.4, -0.2) is 17.6 Å². The van der Waals surface area contributed by atoms with E-state index in [-0.39, 0.29) is 18.9 Å². The maximum Gasteiger partial charge on any atom is 0.224 e. The lowest BCUT2D eigenvalue weighted by atomic mass is 9.98. The Morgan fingerprint density at radius 3 is 2.71 bits per heavy atom. The topological polar surface area (TPSA) is 62.5 Å². The zero-order chi connectivity index (χ0) is 17.0. The molecule has 124 valence electrons. The van der Waals surface area contributed by atoms with Crippen molar-refractivity contribution in [2.75, 3.05) is 6.54 Å². The molecule has 0 aliphatic rings. The Hall–Kier alpha value is -2.08. The van der Waals surface area contributed by atoms with Crippen LogP contribution in [0.5, 0.6) is 0 Å². The third-order valence-electron chi connectivity index (χ3n) is 3.71. The first-order valence-electron chi connectivity index (χ1n) is 7.40. The van der Waals surface area contributed by atoms with Gasteiger partial charge < -0.3 is 14.8 Å². The van der Waals surface area contributed by atoms with Gasteiger partial charge in [-0.15, -0.1) is 11.3 Å². The van der Waals surface area contributed by atoms with Crippen LogP contribution >= 0.6 is 22.9 Å². The fourth-order valence-corrected chi connectivity index (χ4v) is 3.46. The highest BCUT2D eigenvalue weighted by molar-refractivity contribution is 7.10. The Morgan fingerprint density at radius 2 is 2.04 bits per heavy atom. The number of furan rings is 1. The van der Waals surface area contributed by atoms with Crippen molar-refractivity contribution < 1.29 is 14.3 Å². The molecule has 3 rings (SSSR count). The van der Waals surface area contributed by atoms with Crippen molar-refractivity contribution in [3.8, 4) is 0 Å². The van der Waals surface area contributed by atoms with Crippen molar-refractivity contribution in [1.29, 1.82) is 0 Å². The van der Waals surface area contributed by atoms with Gasteiger partial charge >= 0.3 is 0 Å².